The first kappa shape index (κ1) is 13.8. The summed E-state index contributed by atoms with van der Waals surface area (Å²) in [5.41, 5.74) is 0.668. The molecule has 1 aromatic heterocycles. The SMILES string of the molecule is O=Cc1cccn1CCCC(=O)[Se]c1ccccc1. The normalized spacial score (nSPS) is 10.3. The molecule has 0 saturated heterocycles. The zero-order chi connectivity index (χ0) is 13.5. The van der Waals surface area contributed by atoms with Gasteiger partial charge in [-0.15, -0.1) is 0 Å². The Balaban J connectivity index is 1.77. The molecule has 2 aromatic rings. The Morgan fingerprint density at radius 3 is 2.68 bits per heavy atom. The molecule has 98 valence electrons. The van der Waals surface area contributed by atoms with Crippen molar-refractivity contribution < 1.29 is 9.59 Å². The monoisotopic (exact) mass is 321 g/mol. The molecule has 0 saturated carbocycles. The first-order valence-corrected chi connectivity index (χ1v) is 7.87. The Morgan fingerprint density at radius 2 is 1.95 bits per heavy atom. The van der Waals surface area contributed by atoms with Crippen LogP contribution in [0.5, 0.6) is 0 Å². The predicted molar refractivity (Wildman–Crippen MR) is 75.9 cm³/mol. The van der Waals surface area contributed by atoms with Crippen molar-refractivity contribution in [3.63, 3.8) is 0 Å². The van der Waals surface area contributed by atoms with Crippen LogP contribution in [0, 0.1) is 0 Å². The van der Waals surface area contributed by atoms with E-state index in [-0.39, 0.29) is 15.0 Å². The van der Waals surface area contributed by atoms with Crippen molar-refractivity contribution in [3.8, 4) is 0 Å². The number of carbonyl (C=O) groups is 2. The molecule has 0 spiro atoms. The Morgan fingerprint density at radius 1 is 1.16 bits per heavy atom. The Kier molecular flexibility index (Phi) is 5.13. The number of aryl methyl sites for hydroxylation is 1. The van der Waals surface area contributed by atoms with Crippen LogP contribution in [0.4, 0.5) is 0 Å². The van der Waals surface area contributed by atoms with E-state index < -0.39 is 0 Å². The number of carbonyl (C=O) groups excluding carboxylic acids is 2. The van der Waals surface area contributed by atoms with E-state index in [0.29, 0.717) is 16.8 Å². The van der Waals surface area contributed by atoms with Crippen molar-refractivity contribution in [2.75, 3.05) is 0 Å². The molecular formula is C15H15NO2Se. The van der Waals surface area contributed by atoms with Crippen LogP contribution in [0.2, 0.25) is 0 Å². The molecule has 0 fully saturated rings. The maximum absolute atomic E-state index is 11.8. The van der Waals surface area contributed by atoms with E-state index in [9.17, 15) is 9.59 Å². The summed E-state index contributed by atoms with van der Waals surface area (Å²) in [5.74, 6) is 0. The van der Waals surface area contributed by atoms with Crippen molar-refractivity contribution in [2.45, 2.75) is 19.4 Å². The molecule has 4 heteroatoms. The molecule has 0 aliphatic rings. The van der Waals surface area contributed by atoms with Crippen molar-refractivity contribution in [3.05, 3.63) is 54.4 Å². The second-order valence-electron chi connectivity index (χ2n) is 4.13. The first-order chi connectivity index (χ1) is 9.29. The minimum absolute atomic E-state index is 0.0918. The molecule has 1 aromatic carbocycles. The van der Waals surface area contributed by atoms with E-state index in [4.69, 9.17) is 0 Å². The van der Waals surface area contributed by atoms with Gasteiger partial charge in [-0.05, 0) is 0 Å². The Labute approximate surface area is 118 Å². The zero-order valence-corrected chi connectivity index (χ0v) is 12.2. The predicted octanol–water partition coefficient (Wildman–Crippen LogP) is 1.64. The van der Waals surface area contributed by atoms with Crippen molar-refractivity contribution in [1.29, 1.82) is 0 Å². The third kappa shape index (κ3) is 4.19. The second kappa shape index (κ2) is 7.07. The van der Waals surface area contributed by atoms with Gasteiger partial charge in [0.1, 0.15) is 0 Å². The number of aldehydes is 1. The van der Waals surface area contributed by atoms with Gasteiger partial charge in [0.05, 0.1) is 0 Å². The third-order valence-electron chi connectivity index (χ3n) is 2.74. The van der Waals surface area contributed by atoms with Gasteiger partial charge in [-0.3, -0.25) is 0 Å². The van der Waals surface area contributed by atoms with Gasteiger partial charge in [0, 0.05) is 0 Å². The number of hydrogen-bond acceptors (Lipinski definition) is 2. The van der Waals surface area contributed by atoms with Crippen molar-refractivity contribution >= 4 is 30.4 Å². The molecular weight excluding hydrogens is 305 g/mol. The van der Waals surface area contributed by atoms with Crippen LogP contribution in [0.3, 0.4) is 0 Å². The van der Waals surface area contributed by atoms with Gasteiger partial charge < -0.3 is 0 Å². The molecule has 0 aliphatic carbocycles. The molecule has 19 heavy (non-hydrogen) atoms. The summed E-state index contributed by atoms with van der Waals surface area (Å²) in [6.07, 6.45) is 4.07. The van der Waals surface area contributed by atoms with E-state index in [2.05, 4.69) is 0 Å². The first-order valence-electron chi connectivity index (χ1n) is 6.15. The average Bonchev–Trinajstić information content (AvgIpc) is 2.87. The number of nitrogens with zero attached hydrogens (tertiary/aromatic N) is 1. The number of hydrogen-bond donors (Lipinski definition) is 0. The van der Waals surface area contributed by atoms with Crippen LogP contribution >= 0.6 is 0 Å². The third-order valence-corrected chi connectivity index (χ3v) is 4.71. The molecule has 3 nitrogen and oxygen atoms in total. The van der Waals surface area contributed by atoms with Crippen molar-refractivity contribution in [2.24, 2.45) is 0 Å². The summed E-state index contributed by atoms with van der Waals surface area (Å²) in [6, 6.07) is 13.5. The number of aromatic nitrogens is 1. The van der Waals surface area contributed by atoms with Crippen LogP contribution in [0.15, 0.2) is 48.7 Å². The zero-order valence-electron chi connectivity index (χ0n) is 10.5. The van der Waals surface area contributed by atoms with Gasteiger partial charge in [0.15, 0.2) is 0 Å². The maximum atomic E-state index is 11.8. The summed E-state index contributed by atoms with van der Waals surface area (Å²) in [4.78, 5) is 22.6. The Hall–Kier alpha value is -1.64. The standard InChI is InChI=1S/C15H15NO2Se/c17-12-13-6-4-10-16(13)11-5-9-15(18)19-14-7-2-1-3-8-14/h1-4,6-8,10,12H,5,9,11H2. The molecule has 0 bridgehead atoms. The quantitative estimate of drug-likeness (QED) is 0.575. The fraction of sp³-hybridized carbons (Fsp3) is 0.200. The molecule has 0 N–H and O–H groups in total. The van der Waals surface area contributed by atoms with Crippen LogP contribution in [0.25, 0.3) is 0 Å². The van der Waals surface area contributed by atoms with Crippen molar-refractivity contribution in [1.82, 2.24) is 4.57 Å². The van der Waals surface area contributed by atoms with Crippen LogP contribution in [-0.2, 0) is 11.3 Å². The van der Waals surface area contributed by atoms with Gasteiger partial charge in [-0.25, -0.2) is 0 Å². The van der Waals surface area contributed by atoms with Gasteiger partial charge in [0.25, 0.3) is 0 Å². The topological polar surface area (TPSA) is 39.1 Å². The summed E-state index contributed by atoms with van der Waals surface area (Å²) in [6.45, 7) is 0.720. The summed E-state index contributed by atoms with van der Waals surface area (Å²) in [5, 5.41) is 0. The van der Waals surface area contributed by atoms with E-state index >= 15 is 0 Å². The molecule has 2 rings (SSSR count). The molecule has 0 unspecified atom stereocenters. The molecule has 0 atom stereocenters. The van der Waals surface area contributed by atoms with Gasteiger partial charge in [-0.1, -0.05) is 0 Å². The van der Waals surface area contributed by atoms with Gasteiger partial charge in [-0.2, -0.15) is 0 Å². The second-order valence-corrected chi connectivity index (χ2v) is 6.51. The number of benzene rings is 1. The van der Waals surface area contributed by atoms with Crippen LogP contribution in [-0.4, -0.2) is 30.5 Å². The fourth-order valence-electron chi connectivity index (χ4n) is 1.80. The fourth-order valence-corrected chi connectivity index (χ4v) is 3.49. The average molecular weight is 320 g/mol. The molecule has 0 aliphatic heterocycles. The van der Waals surface area contributed by atoms with Gasteiger partial charge >= 0.3 is 118 Å². The molecule has 0 amide bonds. The van der Waals surface area contributed by atoms with E-state index in [1.54, 1.807) is 6.07 Å². The van der Waals surface area contributed by atoms with E-state index in [1.165, 1.54) is 0 Å². The summed E-state index contributed by atoms with van der Waals surface area (Å²) >= 11 is -0.0918. The van der Waals surface area contributed by atoms with Crippen LogP contribution < -0.4 is 4.46 Å². The van der Waals surface area contributed by atoms with Gasteiger partial charge in [0.2, 0.25) is 0 Å². The summed E-state index contributed by atoms with van der Waals surface area (Å²) < 4.78 is 3.31. The number of rotatable bonds is 7. The summed E-state index contributed by atoms with van der Waals surface area (Å²) in [7, 11) is 0. The Bertz CT molecular complexity index is 548. The molecule has 0 radical (unpaired) electrons. The minimum atomic E-state index is -0.0918. The van der Waals surface area contributed by atoms with E-state index in [1.807, 2.05) is 47.2 Å². The molecule has 1 heterocycles. The van der Waals surface area contributed by atoms with E-state index in [0.717, 1.165) is 23.7 Å². The van der Waals surface area contributed by atoms with Crippen LogP contribution in [0.1, 0.15) is 23.3 Å².